The molecular formula is C22H36F2N4OS. The highest BCUT2D eigenvalue weighted by Crippen LogP contribution is 2.24. The molecule has 0 radical (unpaired) electrons. The predicted octanol–water partition coefficient (Wildman–Crippen LogP) is 3.05. The molecule has 1 aliphatic rings. The number of nitrogens with zero attached hydrogens (tertiary/aromatic N) is 2. The summed E-state index contributed by atoms with van der Waals surface area (Å²) in [7, 11) is 3.85. The van der Waals surface area contributed by atoms with Gasteiger partial charge in [-0.25, -0.2) is 10.4 Å². The first kappa shape index (κ1) is 26.8. The second kappa shape index (κ2) is 14.7. The minimum Gasteiger partial charge on any atom is -0.612 e. The summed E-state index contributed by atoms with van der Waals surface area (Å²) in [6.07, 6.45) is 6.35. The molecule has 1 heterocycles. The van der Waals surface area contributed by atoms with Gasteiger partial charge < -0.3 is 9.87 Å². The third kappa shape index (κ3) is 8.47. The van der Waals surface area contributed by atoms with E-state index < -0.39 is 30.4 Å². The highest BCUT2D eigenvalue weighted by Gasteiger charge is 2.30. The smallest absolute Gasteiger partial charge is 0.126 e. The van der Waals surface area contributed by atoms with Gasteiger partial charge in [-0.15, -0.1) is 5.73 Å². The summed E-state index contributed by atoms with van der Waals surface area (Å²) < 4.78 is 38.4. The molecule has 0 amide bonds. The van der Waals surface area contributed by atoms with Crippen molar-refractivity contribution in [1.82, 2.24) is 20.9 Å². The summed E-state index contributed by atoms with van der Waals surface area (Å²) in [4.78, 5) is 0.638. The molecule has 0 aromatic rings. The highest BCUT2D eigenvalue weighted by molar-refractivity contribution is 7.95. The van der Waals surface area contributed by atoms with Gasteiger partial charge in [-0.05, 0) is 48.9 Å². The van der Waals surface area contributed by atoms with Crippen LogP contribution >= 0.6 is 0 Å². The Bertz CT molecular complexity index is 649. The molecule has 2 N–H and O–H groups in total. The van der Waals surface area contributed by atoms with E-state index in [1.807, 2.05) is 19.2 Å². The fourth-order valence-electron chi connectivity index (χ4n) is 3.29. The standard InChI is InChI=1S/C22H36F2N4OS/c1-6-19(10-9-18(3)30(29)14-8-12-23)22(7-2)20(15-24)16-28-17-21(11-13-25-4)26-27(28)5/h6,9-10,20-21,25-26H,1-2,8,11-17H2,3-5H3/b18-9+,19-10+. The second-order valence-electron chi connectivity index (χ2n) is 7.25. The molecule has 170 valence electrons. The second-order valence-corrected chi connectivity index (χ2v) is 8.99. The molecule has 0 aromatic carbocycles. The Morgan fingerprint density at radius 1 is 1.43 bits per heavy atom. The van der Waals surface area contributed by atoms with E-state index >= 15 is 0 Å². The van der Waals surface area contributed by atoms with E-state index in [-0.39, 0.29) is 12.2 Å². The molecule has 3 atom stereocenters. The molecule has 0 spiro atoms. The van der Waals surface area contributed by atoms with Crippen molar-refractivity contribution < 1.29 is 13.3 Å². The Morgan fingerprint density at radius 2 is 2.17 bits per heavy atom. The van der Waals surface area contributed by atoms with Gasteiger partial charge in [0.05, 0.1) is 13.3 Å². The average Bonchev–Trinajstić information content (AvgIpc) is 3.10. The van der Waals surface area contributed by atoms with Gasteiger partial charge in [0.1, 0.15) is 10.7 Å². The molecule has 0 bridgehead atoms. The van der Waals surface area contributed by atoms with Crippen LogP contribution in [0.25, 0.3) is 0 Å². The Labute approximate surface area is 183 Å². The van der Waals surface area contributed by atoms with E-state index in [9.17, 15) is 13.3 Å². The summed E-state index contributed by atoms with van der Waals surface area (Å²) >= 11 is -1.23. The number of hydrogen-bond donors (Lipinski definition) is 2. The summed E-state index contributed by atoms with van der Waals surface area (Å²) in [6, 6.07) is 0.304. The number of allylic oxidation sites excluding steroid dienone is 5. The number of hydrogen-bond acceptors (Lipinski definition) is 5. The number of nitrogens with one attached hydrogen (secondary N) is 2. The van der Waals surface area contributed by atoms with Gasteiger partial charge in [0.15, 0.2) is 0 Å². The monoisotopic (exact) mass is 442 g/mol. The first-order valence-electron chi connectivity index (χ1n) is 10.2. The molecule has 0 saturated carbocycles. The van der Waals surface area contributed by atoms with Gasteiger partial charge in [-0.2, -0.15) is 5.12 Å². The van der Waals surface area contributed by atoms with E-state index in [2.05, 4.69) is 34.6 Å². The highest BCUT2D eigenvalue weighted by atomic mass is 32.2. The van der Waals surface area contributed by atoms with Crippen molar-refractivity contribution in [3.63, 3.8) is 0 Å². The Kier molecular flexibility index (Phi) is 13.1. The van der Waals surface area contributed by atoms with Gasteiger partial charge in [-0.1, -0.05) is 19.2 Å². The number of rotatable bonds is 14. The molecule has 0 aliphatic carbocycles. The number of hydrazine groups is 2. The summed E-state index contributed by atoms with van der Waals surface area (Å²) in [5.41, 5.74) is 7.59. The van der Waals surface area contributed by atoms with Crippen LogP contribution in [0.1, 0.15) is 19.8 Å². The van der Waals surface area contributed by atoms with Gasteiger partial charge in [-0.3, -0.25) is 8.78 Å². The van der Waals surface area contributed by atoms with Crippen molar-refractivity contribution in [1.29, 1.82) is 0 Å². The lowest BCUT2D eigenvalue weighted by atomic mass is 9.93. The van der Waals surface area contributed by atoms with Crippen molar-refractivity contribution >= 4 is 11.2 Å². The first-order chi connectivity index (χ1) is 14.4. The third-order valence-corrected chi connectivity index (χ3v) is 6.55. The quantitative estimate of drug-likeness (QED) is 0.246. The molecule has 5 nitrogen and oxygen atoms in total. The minimum atomic E-state index is -1.23. The van der Waals surface area contributed by atoms with E-state index in [1.165, 1.54) is 0 Å². The SMILES string of the molecule is C=C=C(/C(C=C)=C/C=C(\C)[S+]([O-])CCCF)C(CF)CN1CC(CCNC)NN1C. The zero-order valence-corrected chi connectivity index (χ0v) is 19.2. The topological polar surface area (TPSA) is 53.6 Å². The largest absolute Gasteiger partial charge is 0.612 e. The zero-order chi connectivity index (χ0) is 22.5. The van der Waals surface area contributed by atoms with Crippen LogP contribution in [0.15, 0.2) is 53.2 Å². The maximum atomic E-state index is 14.0. The maximum absolute atomic E-state index is 14.0. The van der Waals surface area contributed by atoms with Crippen LogP contribution in [0.3, 0.4) is 0 Å². The van der Waals surface area contributed by atoms with E-state index in [1.54, 1.807) is 25.2 Å². The average molecular weight is 443 g/mol. The van der Waals surface area contributed by atoms with E-state index in [0.717, 1.165) is 19.5 Å². The van der Waals surface area contributed by atoms with Crippen LogP contribution in [0.4, 0.5) is 8.78 Å². The van der Waals surface area contributed by atoms with Crippen LogP contribution in [0.5, 0.6) is 0 Å². The molecule has 8 heteroatoms. The van der Waals surface area contributed by atoms with E-state index in [0.29, 0.717) is 28.6 Å². The minimum absolute atomic E-state index is 0.268. The normalized spacial score (nSPS) is 20.8. The Balaban J connectivity index is 2.90. The molecular weight excluding hydrogens is 406 g/mol. The molecule has 1 fully saturated rings. The van der Waals surface area contributed by atoms with Crippen molar-refractivity contribution in [3.8, 4) is 0 Å². The fourth-order valence-corrected chi connectivity index (χ4v) is 4.20. The van der Waals surface area contributed by atoms with Crippen molar-refractivity contribution in [2.24, 2.45) is 5.92 Å². The zero-order valence-electron chi connectivity index (χ0n) is 18.4. The lowest BCUT2D eigenvalue weighted by Gasteiger charge is -2.27. The van der Waals surface area contributed by atoms with Crippen molar-refractivity contribution in [2.75, 3.05) is 52.8 Å². The van der Waals surface area contributed by atoms with Crippen LogP contribution < -0.4 is 10.7 Å². The van der Waals surface area contributed by atoms with Crippen LogP contribution in [0, 0.1) is 5.92 Å². The van der Waals surface area contributed by atoms with Crippen LogP contribution in [-0.4, -0.2) is 73.6 Å². The number of halogens is 2. The Morgan fingerprint density at radius 3 is 2.73 bits per heavy atom. The van der Waals surface area contributed by atoms with Crippen LogP contribution in [0.2, 0.25) is 0 Å². The predicted molar refractivity (Wildman–Crippen MR) is 123 cm³/mol. The van der Waals surface area contributed by atoms with Gasteiger partial charge in [0, 0.05) is 51.0 Å². The summed E-state index contributed by atoms with van der Waals surface area (Å²) in [6.45, 7) is 10.5. The maximum Gasteiger partial charge on any atom is 0.126 e. The van der Waals surface area contributed by atoms with Crippen molar-refractivity contribution in [3.05, 3.63) is 53.2 Å². The molecule has 3 unspecified atom stereocenters. The third-order valence-electron chi connectivity index (χ3n) is 5.03. The molecule has 1 saturated heterocycles. The lowest BCUT2D eigenvalue weighted by Crippen LogP contribution is -2.42. The first-order valence-corrected chi connectivity index (χ1v) is 11.5. The molecule has 1 rings (SSSR count). The van der Waals surface area contributed by atoms with Gasteiger partial charge in [0.2, 0.25) is 0 Å². The van der Waals surface area contributed by atoms with Gasteiger partial charge >= 0.3 is 0 Å². The van der Waals surface area contributed by atoms with Crippen LogP contribution in [-0.2, 0) is 11.2 Å². The van der Waals surface area contributed by atoms with E-state index in [4.69, 9.17) is 0 Å². The summed E-state index contributed by atoms with van der Waals surface area (Å²) in [5, 5.41) is 7.14. The molecule has 1 aliphatic heterocycles. The Hall–Kier alpha value is -1.25. The fraction of sp³-hybridized carbons (Fsp3) is 0.591. The lowest BCUT2D eigenvalue weighted by molar-refractivity contribution is 0.00489. The van der Waals surface area contributed by atoms with Gasteiger partial charge in [0.25, 0.3) is 0 Å². The molecule has 0 aromatic heterocycles. The summed E-state index contributed by atoms with van der Waals surface area (Å²) in [5.74, 6) is -0.138. The molecule has 30 heavy (non-hydrogen) atoms. The number of alkyl halides is 2. The van der Waals surface area contributed by atoms with Crippen molar-refractivity contribution in [2.45, 2.75) is 25.8 Å².